The number of ether oxygens (including phenoxy) is 2. The predicted molar refractivity (Wildman–Crippen MR) is 84.8 cm³/mol. The topological polar surface area (TPSA) is 121 Å². The molecule has 0 unspecified atom stereocenters. The molecular formula is C17H10O8S. The zero-order chi connectivity index (χ0) is 19.1. The summed E-state index contributed by atoms with van der Waals surface area (Å²) in [6, 6.07) is 6.71. The smallest absolute Gasteiger partial charge is 0.346 e. The minimum absolute atomic E-state index is 0.0245. The summed E-state index contributed by atoms with van der Waals surface area (Å²) in [5, 5.41) is 0. The van der Waals surface area contributed by atoms with Crippen molar-refractivity contribution in [1.29, 1.82) is 0 Å². The minimum Gasteiger partial charge on any atom is -0.465 e. The number of esters is 3. The standard InChI is InChI=1S/C17H10O8S/c1-24-15(19)12-4-2-10(6-9(12)8-18)26(22,23)11-3-5-13-14(7-11)17(21)25-16(13)20/h2-8H,1H3. The third kappa shape index (κ3) is 2.68. The molecule has 26 heavy (non-hydrogen) atoms. The molecule has 132 valence electrons. The Morgan fingerprint density at radius 3 is 2.27 bits per heavy atom. The van der Waals surface area contributed by atoms with E-state index in [-0.39, 0.29) is 32.0 Å². The van der Waals surface area contributed by atoms with E-state index in [1.165, 1.54) is 6.07 Å². The first kappa shape index (κ1) is 17.5. The van der Waals surface area contributed by atoms with Crippen molar-refractivity contribution < 1.29 is 37.1 Å². The van der Waals surface area contributed by atoms with Crippen LogP contribution in [0.4, 0.5) is 0 Å². The third-order valence-corrected chi connectivity index (χ3v) is 5.54. The Morgan fingerprint density at radius 2 is 1.62 bits per heavy atom. The van der Waals surface area contributed by atoms with Crippen LogP contribution in [0.2, 0.25) is 0 Å². The number of fused-ring (bicyclic) bond motifs is 1. The molecule has 0 atom stereocenters. The molecule has 3 rings (SSSR count). The number of carbonyl (C=O) groups is 4. The van der Waals surface area contributed by atoms with Gasteiger partial charge in [0.25, 0.3) is 0 Å². The SMILES string of the molecule is COC(=O)c1ccc(S(=O)(=O)c2ccc3c(c2)C(=O)OC3=O)cc1C=O. The Morgan fingerprint density at radius 1 is 1.00 bits per heavy atom. The Hall–Kier alpha value is -3.33. The summed E-state index contributed by atoms with van der Waals surface area (Å²) in [4.78, 5) is 45.3. The first-order chi connectivity index (χ1) is 12.3. The van der Waals surface area contributed by atoms with Crippen molar-refractivity contribution in [3.63, 3.8) is 0 Å². The molecule has 1 aliphatic rings. The van der Waals surface area contributed by atoms with Crippen LogP contribution in [0, 0.1) is 0 Å². The van der Waals surface area contributed by atoms with E-state index >= 15 is 0 Å². The highest BCUT2D eigenvalue weighted by Crippen LogP contribution is 2.28. The molecule has 0 aromatic heterocycles. The van der Waals surface area contributed by atoms with Gasteiger partial charge in [0, 0.05) is 5.56 Å². The lowest BCUT2D eigenvalue weighted by atomic mass is 10.1. The molecule has 2 aromatic carbocycles. The maximum atomic E-state index is 12.8. The van der Waals surface area contributed by atoms with Crippen LogP contribution in [-0.2, 0) is 19.3 Å². The molecule has 0 aliphatic carbocycles. The molecule has 0 saturated carbocycles. The van der Waals surface area contributed by atoms with Gasteiger partial charge in [0.1, 0.15) is 0 Å². The van der Waals surface area contributed by atoms with Crippen LogP contribution in [0.3, 0.4) is 0 Å². The van der Waals surface area contributed by atoms with Gasteiger partial charge in [-0.2, -0.15) is 0 Å². The van der Waals surface area contributed by atoms with Crippen molar-refractivity contribution >= 4 is 34.0 Å². The number of benzene rings is 2. The fourth-order valence-corrected chi connectivity index (χ4v) is 3.79. The quantitative estimate of drug-likeness (QED) is 0.448. The zero-order valence-corrected chi connectivity index (χ0v) is 14.0. The molecule has 0 fully saturated rings. The highest BCUT2D eigenvalue weighted by atomic mass is 32.2. The molecule has 9 heteroatoms. The Balaban J connectivity index is 2.11. The number of cyclic esters (lactones) is 2. The van der Waals surface area contributed by atoms with Crippen LogP contribution in [0.15, 0.2) is 46.2 Å². The van der Waals surface area contributed by atoms with E-state index in [1.54, 1.807) is 0 Å². The van der Waals surface area contributed by atoms with Crippen LogP contribution >= 0.6 is 0 Å². The summed E-state index contributed by atoms with van der Waals surface area (Å²) in [5.74, 6) is -2.56. The van der Waals surface area contributed by atoms with Crippen molar-refractivity contribution in [2.75, 3.05) is 7.11 Å². The highest BCUT2D eigenvalue weighted by molar-refractivity contribution is 7.91. The van der Waals surface area contributed by atoms with E-state index in [2.05, 4.69) is 9.47 Å². The molecule has 0 bridgehead atoms. The number of hydrogen-bond donors (Lipinski definition) is 0. The molecule has 1 heterocycles. The Kier molecular flexibility index (Phi) is 4.17. The van der Waals surface area contributed by atoms with Crippen molar-refractivity contribution in [3.05, 3.63) is 58.7 Å². The number of carbonyl (C=O) groups excluding carboxylic acids is 4. The van der Waals surface area contributed by atoms with E-state index < -0.39 is 27.7 Å². The van der Waals surface area contributed by atoms with Gasteiger partial charge in [-0.05, 0) is 36.4 Å². The molecule has 1 aliphatic heterocycles. The van der Waals surface area contributed by atoms with Crippen molar-refractivity contribution in [2.45, 2.75) is 9.79 Å². The molecular weight excluding hydrogens is 364 g/mol. The number of aldehydes is 1. The highest BCUT2D eigenvalue weighted by Gasteiger charge is 2.32. The van der Waals surface area contributed by atoms with Crippen LogP contribution < -0.4 is 0 Å². The minimum atomic E-state index is -4.11. The van der Waals surface area contributed by atoms with Gasteiger partial charge >= 0.3 is 17.9 Å². The first-order valence-electron chi connectivity index (χ1n) is 7.13. The number of sulfone groups is 1. The molecule has 0 saturated heterocycles. The summed E-state index contributed by atoms with van der Waals surface area (Å²) in [5.41, 5.74) is -0.417. The fourth-order valence-electron chi connectivity index (χ4n) is 2.47. The Bertz CT molecular complexity index is 1080. The van der Waals surface area contributed by atoms with Gasteiger partial charge in [0.2, 0.25) is 9.84 Å². The monoisotopic (exact) mass is 374 g/mol. The summed E-state index contributed by atoms with van der Waals surface area (Å²) in [7, 11) is -2.98. The number of hydrogen-bond acceptors (Lipinski definition) is 8. The van der Waals surface area contributed by atoms with Crippen molar-refractivity contribution in [2.24, 2.45) is 0 Å². The molecule has 0 spiro atoms. The molecule has 0 N–H and O–H groups in total. The van der Waals surface area contributed by atoms with E-state index in [4.69, 9.17) is 0 Å². The van der Waals surface area contributed by atoms with Gasteiger partial charge in [-0.15, -0.1) is 0 Å². The van der Waals surface area contributed by atoms with Gasteiger partial charge in [0.05, 0.1) is 33.6 Å². The van der Waals surface area contributed by atoms with Gasteiger partial charge in [-0.25, -0.2) is 22.8 Å². The van der Waals surface area contributed by atoms with Crippen LogP contribution in [0.25, 0.3) is 0 Å². The average Bonchev–Trinajstić information content (AvgIpc) is 2.94. The van der Waals surface area contributed by atoms with Crippen LogP contribution in [0.1, 0.15) is 41.4 Å². The fraction of sp³-hybridized carbons (Fsp3) is 0.0588. The first-order valence-corrected chi connectivity index (χ1v) is 8.61. The third-order valence-electron chi connectivity index (χ3n) is 3.79. The lowest BCUT2D eigenvalue weighted by Gasteiger charge is -2.08. The van der Waals surface area contributed by atoms with Crippen molar-refractivity contribution in [1.82, 2.24) is 0 Å². The lowest BCUT2D eigenvalue weighted by molar-refractivity contribution is 0.0442. The van der Waals surface area contributed by atoms with E-state index in [0.717, 1.165) is 37.4 Å². The van der Waals surface area contributed by atoms with Gasteiger partial charge in [-0.3, -0.25) is 4.79 Å². The van der Waals surface area contributed by atoms with E-state index in [0.29, 0.717) is 6.29 Å². The normalized spacial score (nSPS) is 13.1. The molecule has 0 amide bonds. The summed E-state index contributed by atoms with van der Waals surface area (Å²) >= 11 is 0. The number of methoxy groups -OCH3 is 1. The maximum absolute atomic E-state index is 12.8. The summed E-state index contributed by atoms with van der Waals surface area (Å²) in [6.07, 6.45) is 0.337. The van der Waals surface area contributed by atoms with E-state index in [9.17, 15) is 27.6 Å². The molecule has 0 radical (unpaired) electrons. The van der Waals surface area contributed by atoms with Gasteiger partial charge in [0.15, 0.2) is 6.29 Å². The molecule has 8 nitrogen and oxygen atoms in total. The average molecular weight is 374 g/mol. The second-order valence-electron chi connectivity index (χ2n) is 5.25. The molecule has 2 aromatic rings. The Labute approximate surface area is 147 Å². The largest absolute Gasteiger partial charge is 0.465 e. The van der Waals surface area contributed by atoms with Crippen molar-refractivity contribution in [3.8, 4) is 0 Å². The predicted octanol–water partition coefficient (Wildman–Crippen LogP) is 1.43. The second-order valence-corrected chi connectivity index (χ2v) is 7.20. The maximum Gasteiger partial charge on any atom is 0.346 e. The second kappa shape index (κ2) is 6.19. The van der Waals surface area contributed by atoms with Gasteiger partial charge in [-0.1, -0.05) is 0 Å². The van der Waals surface area contributed by atoms with Gasteiger partial charge < -0.3 is 9.47 Å². The lowest BCUT2D eigenvalue weighted by Crippen LogP contribution is -2.09. The van der Waals surface area contributed by atoms with Crippen LogP contribution in [-0.4, -0.2) is 39.7 Å². The number of rotatable bonds is 4. The zero-order valence-electron chi connectivity index (χ0n) is 13.2. The summed E-state index contributed by atoms with van der Waals surface area (Å²) in [6.45, 7) is 0. The van der Waals surface area contributed by atoms with Crippen LogP contribution in [0.5, 0.6) is 0 Å². The summed E-state index contributed by atoms with van der Waals surface area (Å²) < 4.78 is 34.5. The van der Waals surface area contributed by atoms with E-state index in [1.807, 2.05) is 0 Å².